The Kier molecular flexibility index (Phi) is 5.14. The van der Waals surface area contributed by atoms with Gasteiger partial charge in [0.2, 0.25) is 0 Å². The lowest BCUT2D eigenvalue weighted by molar-refractivity contribution is 0.111. The summed E-state index contributed by atoms with van der Waals surface area (Å²) in [5, 5.41) is 0.930. The highest BCUT2D eigenvalue weighted by Gasteiger charge is 2.07. The number of methoxy groups -OCH3 is 1. The third-order valence-electron chi connectivity index (χ3n) is 1.94. The number of H-pyrrole nitrogens is 1. The van der Waals surface area contributed by atoms with Crippen molar-refractivity contribution in [2.75, 3.05) is 13.7 Å². The fourth-order valence-corrected chi connectivity index (χ4v) is 1.60. The molecule has 0 aliphatic rings. The third-order valence-corrected chi connectivity index (χ3v) is 2.79. The average Bonchev–Trinajstić information content (AvgIpc) is 2.67. The zero-order valence-electron chi connectivity index (χ0n) is 9.16. The van der Waals surface area contributed by atoms with Gasteiger partial charge in [-0.3, -0.25) is 4.79 Å². The zero-order valence-corrected chi connectivity index (χ0v) is 10.7. The van der Waals surface area contributed by atoms with E-state index in [4.69, 9.17) is 0 Å². The molecule has 0 atom stereocenters. The van der Waals surface area contributed by atoms with E-state index in [-0.39, 0.29) is 0 Å². The number of carbonyl (C=O) groups is 1. The van der Waals surface area contributed by atoms with Gasteiger partial charge >= 0.3 is 0 Å². The Hall–Kier alpha value is -1.20. The quantitative estimate of drug-likeness (QED) is 0.863. The first-order valence-corrected chi connectivity index (χ1v) is 5.60. The standard InChI is InChI=1S/C8H5BrN2O.C3H8O/c9-7-5-2-1-3-10-8(5)11-6(7)4-12;1-3-4-2/h1-4H,(H,10,11);3H2,1-2H3. The number of pyridine rings is 1. The SMILES string of the molecule is CCOC.O=Cc1[nH]c2ncccc2c1Br. The molecular formula is C11H13BrN2O2. The third kappa shape index (κ3) is 2.90. The monoisotopic (exact) mass is 284 g/mol. The highest BCUT2D eigenvalue weighted by molar-refractivity contribution is 9.10. The minimum Gasteiger partial charge on any atom is -0.385 e. The van der Waals surface area contributed by atoms with Gasteiger partial charge in [-0.05, 0) is 35.0 Å². The predicted molar refractivity (Wildman–Crippen MR) is 66.7 cm³/mol. The van der Waals surface area contributed by atoms with Crippen LogP contribution >= 0.6 is 15.9 Å². The topological polar surface area (TPSA) is 55.0 Å². The Morgan fingerprint density at radius 1 is 1.62 bits per heavy atom. The maximum atomic E-state index is 10.5. The van der Waals surface area contributed by atoms with Gasteiger partial charge < -0.3 is 9.72 Å². The number of halogens is 1. The molecule has 0 fully saturated rings. The lowest BCUT2D eigenvalue weighted by atomic mass is 10.3. The Labute approximate surface area is 102 Å². The molecule has 0 saturated heterocycles. The van der Waals surface area contributed by atoms with Crippen LogP contribution in [0.5, 0.6) is 0 Å². The summed E-state index contributed by atoms with van der Waals surface area (Å²) in [5.74, 6) is 0. The molecule has 0 aliphatic heterocycles. The van der Waals surface area contributed by atoms with E-state index < -0.39 is 0 Å². The molecule has 1 N–H and O–H groups in total. The van der Waals surface area contributed by atoms with Gasteiger partial charge in [-0.15, -0.1) is 0 Å². The van der Waals surface area contributed by atoms with Gasteiger partial charge in [-0.1, -0.05) is 0 Å². The van der Waals surface area contributed by atoms with Crippen LogP contribution in [0.1, 0.15) is 17.4 Å². The number of aromatic nitrogens is 2. The number of aldehydes is 1. The number of ether oxygens (including phenoxy) is 1. The Morgan fingerprint density at radius 2 is 2.31 bits per heavy atom. The molecule has 2 aromatic rings. The Balaban J connectivity index is 0.000000280. The van der Waals surface area contributed by atoms with E-state index in [1.54, 1.807) is 13.3 Å². The highest BCUT2D eigenvalue weighted by Crippen LogP contribution is 2.24. The fourth-order valence-electron chi connectivity index (χ4n) is 1.09. The number of carbonyl (C=O) groups excluding carboxylic acids is 1. The molecule has 2 aromatic heterocycles. The number of hydrogen-bond acceptors (Lipinski definition) is 3. The van der Waals surface area contributed by atoms with Crippen molar-refractivity contribution in [3.8, 4) is 0 Å². The number of aromatic amines is 1. The summed E-state index contributed by atoms with van der Waals surface area (Å²) in [6, 6.07) is 3.73. The van der Waals surface area contributed by atoms with Gasteiger partial charge in [-0.2, -0.15) is 0 Å². The molecule has 86 valence electrons. The average molecular weight is 285 g/mol. The molecule has 16 heavy (non-hydrogen) atoms. The van der Waals surface area contributed by atoms with Crippen LogP contribution in [-0.4, -0.2) is 30.0 Å². The van der Waals surface area contributed by atoms with Crippen LogP contribution in [0.15, 0.2) is 22.8 Å². The van der Waals surface area contributed by atoms with Gasteiger partial charge in [0.05, 0.1) is 10.2 Å². The summed E-state index contributed by atoms with van der Waals surface area (Å²) < 4.78 is 5.32. The zero-order chi connectivity index (χ0) is 12.0. The molecule has 0 saturated carbocycles. The molecule has 0 unspecified atom stereocenters. The summed E-state index contributed by atoms with van der Waals surface area (Å²) in [6.07, 6.45) is 2.45. The highest BCUT2D eigenvalue weighted by atomic mass is 79.9. The number of nitrogens with one attached hydrogen (secondary N) is 1. The van der Waals surface area contributed by atoms with Crippen molar-refractivity contribution in [1.82, 2.24) is 9.97 Å². The van der Waals surface area contributed by atoms with Gasteiger partial charge in [0, 0.05) is 25.3 Å². The summed E-state index contributed by atoms with van der Waals surface area (Å²) >= 11 is 3.31. The van der Waals surface area contributed by atoms with Crippen molar-refractivity contribution in [3.05, 3.63) is 28.5 Å². The summed E-state index contributed by atoms with van der Waals surface area (Å²) in [4.78, 5) is 17.5. The first-order chi connectivity index (χ1) is 7.74. The number of rotatable bonds is 2. The molecule has 0 bridgehead atoms. The number of hydrogen-bond donors (Lipinski definition) is 1. The summed E-state index contributed by atoms with van der Waals surface area (Å²) in [7, 11) is 1.68. The van der Waals surface area contributed by atoms with E-state index in [0.717, 1.165) is 28.4 Å². The summed E-state index contributed by atoms with van der Waals surface area (Å²) in [5.41, 5.74) is 1.26. The Morgan fingerprint density at radius 3 is 2.81 bits per heavy atom. The van der Waals surface area contributed by atoms with Gasteiger partial charge in [0.25, 0.3) is 0 Å². The number of nitrogens with zero attached hydrogens (tertiary/aromatic N) is 1. The van der Waals surface area contributed by atoms with Crippen LogP contribution in [0.3, 0.4) is 0 Å². The molecule has 0 aliphatic carbocycles. The van der Waals surface area contributed by atoms with Crippen LogP contribution in [0.25, 0.3) is 11.0 Å². The molecule has 2 heterocycles. The lowest BCUT2D eigenvalue weighted by Crippen LogP contribution is -1.77. The molecular weight excluding hydrogens is 272 g/mol. The fraction of sp³-hybridized carbons (Fsp3) is 0.273. The largest absolute Gasteiger partial charge is 0.385 e. The molecule has 0 amide bonds. The molecule has 0 spiro atoms. The minimum absolute atomic E-state index is 0.531. The molecule has 4 nitrogen and oxygen atoms in total. The smallest absolute Gasteiger partial charge is 0.167 e. The first-order valence-electron chi connectivity index (χ1n) is 4.80. The summed E-state index contributed by atoms with van der Waals surface area (Å²) in [6.45, 7) is 2.78. The predicted octanol–water partition coefficient (Wildman–Crippen LogP) is 2.79. The van der Waals surface area contributed by atoms with E-state index in [9.17, 15) is 4.79 Å². The van der Waals surface area contributed by atoms with Gasteiger partial charge in [0.1, 0.15) is 5.65 Å². The second-order valence-corrected chi connectivity index (χ2v) is 3.74. The Bertz CT molecular complexity index is 466. The van der Waals surface area contributed by atoms with Crippen LogP contribution in [0, 0.1) is 0 Å². The van der Waals surface area contributed by atoms with Crippen molar-refractivity contribution in [3.63, 3.8) is 0 Å². The van der Waals surface area contributed by atoms with Gasteiger partial charge in [-0.25, -0.2) is 4.98 Å². The van der Waals surface area contributed by atoms with E-state index in [1.807, 2.05) is 19.1 Å². The van der Waals surface area contributed by atoms with Crippen molar-refractivity contribution in [2.45, 2.75) is 6.92 Å². The van der Waals surface area contributed by atoms with E-state index in [0.29, 0.717) is 5.69 Å². The first kappa shape index (κ1) is 12.9. The van der Waals surface area contributed by atoms with E-state index in [1.165, 1.54) is 0 Å². The maximum Gasteiger partial charge on any atom is 0.167 e. The lowest BCUT2D eigenvalue weighted by Gasteiger charge is -1.85. The van der Waals surface area contributed by atoms with Crippen LogP contribution < -0.4 is 0 Å². The second kappa shape index (κ2) is 6.40. The van der Waals surface area contributed by atoms with Crippen molar-refractivity contribution >= 4 is 33.2 Å². The molecule has 0 aromatic carbocycles. The molecule has 2 rings (SSSR count). The van der Waals surface area contributed by atoms with Crippen LogP contribution in [0.4, 0.5) is 0 Å². The van der Waals surface area contributed by atoms with E-state index in [2.05, 4.69) is 30.6 Å². The van der Waals surface area contributed by atoms with E-state index >= 15 is 0 Å². The minimum atomic E-state index is 0.531. The normalized spacial score (nSPS) is 9.69. The number of fused-ring (bicyclic) bond motifs is 1. The van der Waals surface area contributed by atoms with Crippen LogP contribution in [-0.2, 0) is 4.74 Å². The molecule has 0 radical (unpaired) electrons. The van der Waals surface area contributed by atoms with Crippen molar-refractivity contribution < 1.29 is 9.53 Å². The van der Waals surface area contributed by atoms with Crippen molar-refractivity contribution in [1.29, 1.82) is 0 Å². The van der Waals surface area contributed by atoms with Crippen molar-refractivity contribution in [2.24, 2.45) is 0 Å². The van der Waals surface area contributed by atoms with Crippen LogP contribution in [0.2, 0.25) is 0 Å². The second-order valence-electron chi connectivity index (χ2n) is 2.95. The maximum absolute atomic E-state index is 10.5. The van der Waals surface area contributed by atoms with Gasteiger partial charge in [0.15, 0.2) is 6.29 Å². The molecule has 5 heteroatoms.